The van der Waals surface area contributed by atoms with E-state index in [9.17, 15) is 4.91 Å². The maximum atomic E-state index is 9.98. The molecule has 0 aliphatic rings. The molecule has 0 spiro atoms. The fourth-order valence-corrected chi connectivity index (χ4v) is 1.33. The van der Waals surface area contributed by atoms with Crippen molar-refractivity contribution in [3.05, 3.63) is 70.1 Å². The first-order valence-electron chi connectivity index (χ1n) is 5.56. The Hall–Kier alpha value is -1.96. The second kappa shape index (κ2) is 6.59. The van der Waals surface area contributed by atoms with Gasteiger partial charge in [0.15, 0.2) is 0 Å². The van der Waals surface area contributed by atoms with Crippen LogP contribution in [0.3, 0.4) is 0 Å². The van der Waals surface area contributed by atoms with E-state index in [0.29, 0.717) is 5.69 Å². The van der Waals surface area contributed by atoms with E-state index in [1.807, 2.05) is 19.1 Å². The van der Waals surface area contributed by atoms with Crippen molar-refractivity contribution in [3.63, 3.8) is 0 Å². The van der Waals surface area contributed by atoms with Crippen molar-refractivity contribution in [1.29, 1.82) is 0 Å². The summed E-state index contributed by atoms with van der Waals surface area (Å²) in [6.07, 6.45) is 0. The van der Waals surface area contributed by atoms with Gasteiger partial charge in [-0.1, -0.05) is 42.5 Å². The fourth-order valence-electron chi connectivity index (χ4n) is 1.33. The lowest BCUT2D eigenvalue weighted by molar-refractivity contribution is 1.34. The molecule has 2 nitrogen and oxygen atoms in total. The smallest absolute Gasteiger partial charge is 0.110 e. The summed E-state index contributed by atoms with van der Waals surface area (Å²) in [5.74, 6) is 0. The molecule has 2 aromatic rings. The summed E-state index contributed by atoms with van der Waals surface area (Å²) in [6.45, 7) is 6.10. The van der Waals surface area contributed by atoms with Gasteiger partial charge in [0, 0.05) is 0 Å². The maximum absolute atomic E-state index is 9.98. The number of aryl methyl sites for hydroxylation is 3. The van der Waals surface area contributed by atoms with Crippen LogP contribution in [-0.2, 0) is 0 Å². The van der Waals surface area contributed by atoms with Crippen LogP contribution in [0.5, 0.6) is 0 Å². The van der Waals surface area contributed by atoms with E-state index in [-0.39, 0.29) is 0 Å². The molecule has 2 rings (SSSR count). The zero-order valence-electron chi connectivity index (χ0n) is 10.5. The highest BCUT2D eigenvalue weighted by atomic mass is 16.3. The van der Waals surface area contributed by atoms with Gasteiger partial charge in [0.2, 0.25) is 0 Å². The van der Waals surface area contributed by atoms with E-state index in [0.717, 1.165) is 5.56 Å². The van der Waals surface area contributed by atoms with Crippen LogP contribution in [0.1, 0.15) is 16.7 Å². The number of benzene rings is 2. The van der Waals surface area contributed by atoms with Gasteiger partial charge in [-0.05, 0) is 48.7 Å². The molecule has 17 heavy (non-hydrogen) atoms. The number of hydrogen-bond acceptors (Lipinski definition) is 2. The van der Waals surface area contributed by atoms with Gasteiger partial charge in [-0.25, -0.2) is 0 Å². The van der Waals surface area contributed by atoms with Crippen LogP contribution >= 0.6 is 0 Å². The summed E-state index contributed by atoms with van der Waals surface area (Å²) < 4.78 is 0. The highest BCUT2D eigenvalue weighted by Crippen LogP contribution is 2.15. The van der Waals surface area contributed by atoms with Gasteiger partial charge >= 0.3 is 0 Å². The maximum Gasteiger partial charge on any atom is 0.110 e. The van der Waals surface area contributed by atoms with Gasteiger partial charge in [0.25, 0.3) is 0 Å². The van der Waals surface area contributed by atoms with Gasteiger partial charge < -0.3 is 0 Å². The molecule has 0 bridgehead atoms. The predicted octanol–water partition coefficient (Wildman–Crippen LogP) is 4.70. The minimum Gasteiger partial charge on any atom is -0.145 e. The standard InChI is InChI=1S/C8H10.C7H7NO/c1-7-5-3-4-6-8(7)2;1-6-4-2-3-5-7(6)8-9/h3-6H,1-2H3;2-5H,1H3. The monoisotopic (exact) mass is 227 g/mol. The molecule has 0 aliphatic heterocycles. The summed E-state index contributed by atoms with van der Waals surface area (Å²) in [7, 11) is 0. The Morgan fingerprint density at radius 1 is 0.706 bits per heavy atom. The minimum absolute atomic E-state index is 0.525. The molecular weight excluding hydrogens is 210 g/mol. The van der Waals surface area contributed by atoms with Crippen molar-refractivity contribution in [1.82, 2.24) is 0 Å². The van der Waals surface area contributed by atoms with E-state index in [1.165, 1.54) is 11.1 Å². The quantitative estimate of drug-likeness (QED) is 0.649. The Morgan fingerprint density at radius 2 is 1.12 bits per heavy atom. The molecule has 88 valence electrons. The average Bonchev–Trinajstić information content (AvgIpc) is 2.34. The van der Waals surface area contributed by atoms with Crippen LogP contribution in [0.15, 0.2) is 53.7 Å². The molecule has 0 heterocycles. The lowest BCUT2D eigenvalue weighted by Crippen LogP contribution is -1.74. The SMILES string of the molecule is Cc1ccccc1C.Cc1ccccc1N=O. The van der Waals surface area contributed by atoms with Gasteiger partial charge in [-0.15, -0.1) is 4.91 Å². The molecule has 0 saturated heterocycles. The van der Waals surface area contributed by atoms with Crippen molar-refractivity contribution in [2.24, 2.45) is 5.18 Å². The summed E-state index contributed by atoms with van der Waals surface area (Å²) in [6, 6.07) is 15.6. The lowest BCUT2D eigenvalue weighted by atomic mass is 10.1. The first-order chi connectivity index (χ1) is 8.15. The third-order valence-corrected chi connectivity index (χ3v) is 2.64. The molecule has 0 unspecified atom stereocenters. The van der Waals surface area contributed by atoms with Gasteiger partial charge in [-0.3, -0.25) is 0 Å². The average molecular weight is 227 g/mol. The molecule has 2 heteroatoms. The number of rotatable bonds is 1. The molecule has 0 aromatic heterocycles. The van der Waals surface area contributed by atoms with Gasteiger partial charge in [0.05, 0.1) is 0 Å². The third kappa shape index (κ3) is 4.19. The van der Waals surface area contributed by atoms with Crippen LogP contribution in [0, 0.1) is 25.7 Å². The van der Waals surface area contributed by atoms with E-state index >= 15 is 0 Å². The van der Waals surface area contributed by atoms with Crippen molar-refractivity contribution >= 4 is 5.69 Å². The number of hydrogen-bond donors (Lipinski definition) is 0. The van der Waals surface area contributed by atoms with Crippen molar-refractivity contribution in [3.8, 4) is 0 Å². The van der Waals surface area contributed by atoms with Gasteiger partial charge in [-0.2, -0.15) is 0 Å². The summed E-state index contributed by atoms with van der Waals surface area (Å²) in [4.78, 5) is 9.98. The molecule has 0 atom stereocenters. The molecular formula is C15H17NO. The Balaban J connectivity index is 0.000000171. The highest BCUT2D eigenvalue weighted by molar-refractivity contribution is 5.44. The van der Waals surface area contributed by atoms with Crippen molar-refractivity contribution < 1.29 is 0 Å². The minimum atomic E-state index is 0.525. The zero-order chi connectivity index (χ0) is 12.7. The van der Waals surface area contributed by atoms with Crippen LogP contribution in [-0.4, -0.2) is 0 Å². The number of nitroso groups, excluding NO2 is 1. The third-order valence-electron chi connectivity index (χ3n) is 2.64. The van der Waals surface area contributed by atoms with E-state index in [4.69, 9.17) is 0 Å². The predicted molar refractivity (Wildman–Crippen MR) is 72.6 cm³/mol. The second-order valence-electron chi connectivity index (χ2n) is 3.96. The molecule has 0 amide bonds. The summed E-state index contributed by atoms with van der Waals surface area (Å²) in [5.41, 5.74) is 4.19. The molecule has 2 aromatic carbocycles. The zero-order valence-corrected chi connectivity index (χ0v) is 10.5. The van der Waals surface area contributed by atoms with Crippen molar-refractivity contribution in [2.45, 2.75) is 20.8 Å². The first-order valence-corrected chi connectivity index (χ1v) is 5.56. The summed E-state index contributed by atoms with van der Waals surface area (Å²) >= 11 is 0. The van der Waals surface area contributed by atoms with Crippen molar-refractivity contribution in [2.75, 3.05) is 0 Å². The Kier molecular flexibility index (Phi) is 5.08. The summed E-state index contributed by atoms with van der Waals surface area (Å²) in [5, 5.41) is 2.82. The normalized spacial score (nSPS) is 9.12. The Bertz CT molecular complexity index is 471. The van der Waals surface area contributed by atoms with Crippen LogP contribution < -0.4 is 0 Å². The molecule has 0 aliphatic carbocycles. The molecule has 0 radical (unpaired) electrons. The topological polar surface area (TPSA) is 29.4 Å². The molecule has 0 N–H and O–H groups in total. The van der Waals surface area contributed by atoms with Crippen LogP contribution in [0.25, 0.3) is 0 Å². The fraction of sp³-hybridized carbons (Fsp3) is 0.200. The first kappa shape index (κ1) is 13.1. The van der Waals surface area contributed by atoms with E-state index in [1.54, 1.807) is 12.1 Å². The molecule has 0 fully saturated rings. The molecule has 0 saturated carbocycles. The Morgan fingerprint density at radius 3 is 1.41 bits per heavy atom. The lowest BCUT2D eigenvalue weighted by Gasteiger charge is -1.93. The van der Waals surface area contributed by atoms with Crippen LogP contribution in [0.2, 0.25) is 0 Å². The second-order valence-corrected chi connectivity index (χ2v) is 3.96. The van der Waals surface area contributed by atoms with E-state index < -0.39 is 0 Å². The van der Waals surface area contributed by atoms with Gasteiger partial charge in [0.1, 0.15) is 5.69 Å². The van der Waals surface area contributed by atoms with E-state index in [2.05, 4.69) is 43.3 Å². The largest absolute Gasteiger partial charge is 0.145 e. The highest BCUT2D eigenvalue weighted by Gasteiger charge is 1.91. The van der Waals surface area contributed by atoms with Crippen LogP contribution in [0.4, 0.5) is 5.69 Å². The number of nitrogens with zero attached hydrogens (tertiary/aromatic N) is 1. The Labute approximate surface area is 102 Å².